The molecule has 1 N–H and O–H groups in total. The predicted octanol–water partition coefficient (Wildman–Crippen LogP) is 9.92. The highest BCUT2D eigenvalue weighted by Gasteiger charge is 2.35. The second-order valence-corrected chi connectivity index (χ2v) is 14.0. The maximum absolute atomic E-state index is 14.5. The van der Waals surface area contributed by atoms with Crippen LogP contribution < -0.4 is 33.7 Å². The quantitative estimate of drug-likeness (QED) is 0.103. The van der Waals surface area contributed by atoms with E-state index in [2.05, 4.69) is 38.5 Å². The molecule has 286 valence electrons. The highest BCUT2D eigenvalue weighted by atomic mass is 79.9. The fourth-order valence-electron chi connectivity index (χ4n) is 7.15. The van der Waals surface area contributed by atoms with E-state index < -0.39 is 0 Å². The Bertz CT molecular complexity index is 2370. The van der Waals surface area contributed by atoms with E-state index in [0.717, 1.165) is 44.6 Å². The summed E-state index contributed by atoms with van der Waals surface area (Å²) in [6, 6.07) is 33.7. The SMILES string of the molecule is C=CCNC(=O)c1c(-c2cc(OC)c(OCc3ccccc3)cc2Br)c(-c2ccc(OC)c(OC)c2)c2n1CCc1cc(OCc3ccccc3)c(OC)cc1-2. The van der Waals surface area contributed by atoms with Gasteiger partial charge in [0.05, 0.1) is 34.1 Å². The van der Waals surface area contributed by atoms with Crippen molar-refractivity contribution in [3.05, 3.63) is 143 Å². The van der Waals surface area contributed by atoms with Crippen LogP contribution in [-0.2, 0) is 26.2 Å². The van der Waals surface area contributed by atoms with Crippen LogP contribution in [0.1, 0.15) is 27.2 Å². The number of methoxy groups -OCH3 is 4. The molecule has 56 heavy (non-hydrogen) atoms. The van der Waals surface area contributed by atoms with Crippen LogP contribution in [-0.4, -0.2) is 45.5 Å². The Morgan fingerprint density at radius 1 is 0.696 bits per heavy atom. The molecular weight excluding hydrogens is 772 g/mol. The zero-order valence-electron chi connectivity index (χ0n) is 31.8. The molecule has 0 spiro atoms. The topological polar surface area (TPSA) is 89.4 Å². The minimum absolute atomic E-state index is 0.249. The summed E-state index contributed by atoms with van der Waals surface area (Å²) in [7, 11) is 6.47. The number of halogens is 1. The number of amides is 1. The minimum Gasteiger partial charge on any atom is -0.493 e. The summed E-state index contributed by atoms with van der Waals surface area (Å²) in [5.41, 5.74) is 8.45. The summed E-state index contributed by atoms with van der Waals surface area (Å²) >= 11 is 3.89. The molecule has 0 atom stereocenters. The Morgan fingerprint density at radius 2 is 1.27 bits per heavy atom. The summed E-state index contributed by atoms with van der Waals surface area (Å²) < 4.78 is 38.8. The number of carbonyl (C=O) groups is 1. The van der Waals surface area contributed by atoms with Gasteiger partial charge in [-0.05, 0) is 65.1 Å². The lowest BCUT2D eigenvalue weighted by atomic mass is 9.89. The minimum atomic E-state index is -0.249. The molecule has 1 aliphatic rings. The van der Waals surface area contributed by atoms with Gasteiger partial charge in [0.2, 0.25) is 0 Å². The third kappa shape index (κ3) is 7.57. The molecule has 0 bridgehead atoms. The average Bonchev–Trinajstić information content (AvgIpc) is 3.59. The first-order valence-corrected chi connectivity index (χ1v) is 19.0. The maximum atomic E-state index is 14.5. The number of nitrogens with one attached hydrogen (secondary N) is 1. The molecule has 0 aliphatic carbocycles. The van der Waals surface area contributed by atoms with Gasteiger partial charge in [-0.3, -0.25) is 4.79 Å². The molecule has 0 saturated heterocycles. The molecule has 0 saturated carbocycles. The van der Waals surface area contributed by atoms with Crippen LogP contribution in [0.4, 0.5) is 0 Å². The first kappa shape index (κ1) is 38.2. The molecule has 1 aromatic heterocycles. The Morgan fingerprint density at radius 3 is 1.86 bits per heavy atom. The molecule has 9 nitrogen and oxygen atoms in total. The molecule has 1 aliphatic heterocycles. The normalized spacial score (nSPS) is 11.5. The van der Waals surface area contributed by atoms with Gasteiger partial charge in [0, 0.05) is 39.8 Å². The lowest BCUT2D eigenvalue weighted by molar-refractivity contribution is 0.0949. The largest absolute Gasteiger partial charge is 0.493 e. The number of ether oxygens (including phenoxy) is 6. The number of aryl methyl sites for hydroxylation is 1. The number of rotatable bonds is 15. The van der Waals surface area contributed by atoms with E-state index in [4.69, 9.17) is 28.4 Å². The summed E-state index contributed by atoms with van der Waals surface area (Å²) in [5, 5.41) is 3.06. The van der Waals surface area contributed by atoms with Crippen molar-refractivity contribution in [1.29, 1.82) is 0 Å². The number of carbonyl (C=O) groups excluding carboxylic acids is 1. The van der Waals surface area contributed by atoms with Crippen molar-refractivity contribution >= 4 is 21.8 Å². The maximum Gasteiger partial charge on any atom is 0.268 e. The third-order valence-electron chi connectivity index (χ3n) is 9.80. The van der Waals surface area contributed by atoms with E-state index in [-0.39, 0.29) is 12.5 Å². The van der Waals surface area contributed by atoms with Crippen molar-refractivity contribution < 1.29 is 33.2 Å². The molecule has 1 amide bonds. The van der Waals surface area contributed by atoms with Crippen molar-refractivity contribution in [2.75, 3.05) is 35.0 Å². The van der Waals surface area contributed by atoms with E-state index in [1.54, 1.807) is 34.5 Å². The monoisotopic (exact) mass is 814 g/mol. The summed E-state index contributed by atoms with van der Waals surface area (Å²) in [6.07, 6.45) is 2.31. The summed E-state index contributed by atoms with van der Waals surface area (Å²) in [6.45, 7) is 5.40. The van der Waals surface area contributed by atoms with Crippen LogP contribution in [0, 0.1) is 0 Å². The molecule has 2 heterocycles. The Labute approximate surface area is 335 Å². The fourth-order valence-corrected chi connectivity index (χ4v) is 7.67. The average molecular weight is 816 g/mol. The van der Waals surface area contributed by atoms with E-state index in [9.17, 15) is 4.79 Å². The van der Waals surface area contributed by atoms with Gasteiger partial charge < -0.3 is 38.3 Å². The van der Waals surface area contributed by atoms with Crippen LogP contribution >= 0.6 is 15.9 Å². The fraction of sp³-hybridized carbons (Fsp3) is 0.196. The zero-order chi connectivity index (χ0) is 39.2. The first-order chi connectivity index (χ1) is 27.4. The molecule has 10 heteroatoms. The Kier molecular flexibility index (Phi) is 11.7. The number of hydrogen-bond acceptors (Lipinski definition) is 7. The Balaban J connectivity index is 1.47. The van der Waals surface area contributed by atoms with E-state index in [1.165, 1.54) is 0 Å². The molecule has 0 unspecified atom stereocenters. The zero-order valence-corrected chi connectivity index (χ0v) is 33.4. The lowest BCUT2D eigenvalue weighted by Crippen LogP contribution is -2.27. The van der Waals surface area contributed by atoms with Gasteiger partial charge in [0.1, 0.15) is 18.9 Å². The van der Waals surface area contributed by atoms with Crippen molar-refractivity contribution in [3.63, 3.8) is 0 Å². The lowest BCUT2D eigenvalue weighted by Gasteiger charge is -2.24. The predicted molar refractivity (Wildman–Crippen MR) is 222 cm³/mol. The first-order valence-electron chi connectivity index (χ1n) is 18.2. The van der Waals surface area contributed by atoms with E-state index in [0.29, 0.717) is 76.4 Å². The second-order valence-electron chi connectivity index (χ2n) is 13.1. The van der Waals surface area contributed by atoms with Crippen LogP contribution in [0.5, 0.6) is 34.5 Å². The van der Waals surface area contributed by atoms with Crippen molar-refractivity contribution in [3.8, 4) is 68.0 Å². The molecule has 5 aromatic carbocycles. The van der Waals surface area contributed by atoms with Crippen molar-refractivity contribution in [2.45, 2.75) is 26.2 Å². The highest BCUT2D eigenvalue weighted by molar-refractivity contribution is 9.10. The molecular formula is C46H43BrN2O7. The van der Waals surface area contributed by atoms with Crippen molar-refractivity contribution in [1.82, 2.24) is 9.88 Å². The highest BCUT2D eigenvalue weighted by Crippen LogP contribution is 2.53. The van der Waals surface area contributed by atoms with Crippen LogP contribution in [0.3, 0.4) is 0 Å². The smallest absolute Gasteiger partial charge is 0.268 e. The molecule has 7 rings (SSSR count). The van der Waals surface area contributed by atoms with Gasteiger partial charge >= 0.3 is 0 Å². The van der Waals surface area contributed by atoms with Crippen LogP contribution in [0.15, 0.2) is 120 Å². The molecule has 6 aromatic rings. The number of hydrogen-bond donors (Lipinski definition) is 1. The number of benzene rings is 5. The van der Waals surface area contributed by atoms with Gasteiger partial charge in [-0.15, -0.1) is 6.58 Å². The van der Waals surface area contributed by atoms with Gasteiger partial charge in [0.25, 0.3) is 5.91 Å². The van der Waals surface area contributed by atoms with Gasteiger partial charge in [-0.25, -0.2) is 0 Å². The second kappa shape index (κ2) is 17.1. The van der Waals surface area contributed by atoms with Crippen molar-refractivity contribution in [2.24, 2.45) is 0 Å². The van der Waals surface area contributed by atoms with E-state index >= 15 is 0 Å². The standard InChI is InChI=1S/C46H43BrN2O7/c1-6-20-48-46(50)45-43(34-25-39(54-5)41(26-35(34)47)56-28-30-15-11-8-12-16-30)42(32-17-18-36(51-2)37(23-32)52-3)44-33-24-38(53-4)40(22-31(33)19-21-49(44)45)55-27-29-13-9-7-10-14-29/h6-18,22-26H,1,19-21,27-28H2,2-5H3,(H,48,50). The molecule has 0 radical (unpaired) electrons. The summed E-state index contributed by atoms with van der Waals surface area (Å²) in [5.74, 6) is 3.18. The van der Waals surface area contributed by atoms with Crippen LogP contribution in [0.2, 0.25) is 0 Å². The van der Waals surface area contributed by atoms with Gasteiger partial charge in [-0.2, -0.15) is 0 Å². The summed E-state index contributed by atoms with van der Waals surface area (Å²) in [4.78, 5) is 14.5. The van der Waals surface area contributed by atoms with Gasteiger partial charge in [-0.1, -0.05) is 88.7 Å². The third-order valence-corrected chi connectivity index (χ3v) is 10.5. The molecule has 0 fully saturated rings. The number of nitrogens with zero attached hydrogens (tertiary/aromatic N) is 1. The van der Waals surface area contributed by atoms with Gasteiger partial charge in [0.15, 0.2) is 34.5 Å². The Hall–Kier alpha value is -6.13. The number of fused-ring (bicyclic) bond motifs is 3. The van der Waals surface area contributed by atoms with Crippen LogP contribution in [0.25, 0.3) is 33.5 Å². The number of aromatic nitrogens is 1. The van der Waals surface area contributed by atoms with E-state index in [1.807, 2.05) is 97.1 Å².